The van der Waals surface area contributed by atoms with Crippen molar-refractivity contribution >= 4 is 11.6 Å². The lowest BCUT2D eigenvalue weighted by Crippen LogP contribution is -2.54. The van der Waals surface area contributed by atoms with Gasteiger partial charge in [0.2, 0.25) is 5.72 Å². The summed E-state index contributed by atoms with van der Waals surface area (Å²) < 4.78 is 56.9. The van der Waals surface area contributed by atoms with E-state index in [1.807, 2.05) is 6.07 Å². The van der Waals surface area contributed by atoms with Crippen LogP contribution in [0.3, 0.4) is 0 Å². The molecule has 1 amide bonds. The zero-order valence-corrected chi connectivity index (χ0v) is 12.9. The fourth-order valence-corrected chi connectivity index (χ4v) is 2.16. The minimum atomic E-state index is -3.50. The van der Waals surface area contributed by atoms with E-state index in [1.54, 1.807) is 0 Å². The van der Waals surface area contributed by atoms with Gasteiger partial charge in [0.05, 0.1) is 11.6 Å². The van der Waals surface area contributed by atoms with Gasteiger partial charge in [-0.25, -0.2) is 17.6 Å². The number of carbonyl (C=O) groups is 1. The average Bonchev–Trinajstić information content (AvgIpc) is 2.94. The Balaban J connectivity index is 2.19. The highest BCUT2D eigenvalue weighted by molar-refractivity contribution is 5.93. The molecule has 1 N–H and O–H groups in total. The van der Waals surface area contributed by atoms with Gasteiger partial charge in [0.1, 0.15) is 11.5 Å². The first-order valence-electron chi connectivity index (χ1n) is 7.06. The molecule has 0 bridgehead atoms. The average molecular weight is 359 g/mol. The van der Waals surface area contributed by atoms with E-state index in [9.17, 15) is 27.5 Å². The van der Waals surface area contributed by atoms with Gasteiger partial charge in [-0.3, -0.25) is 4.79 Å². The molecule has 0 unspecified atom stereocenters. The quantitative estimate of drug-likeness (QED) is 0.816. The molecule has 2 atom stereocenters. The van der Waals surface area contributed by atoms with Gasteiger partial charge in [0.15, 0.2) is 6.10 Å². The Kier molecular flexibility index (Phi) is 5.27. The summed E-state index contributed by atoms with van der Waals surface area (Å²) in [5.74, 6) is -1.06. The number of nitriles is 1. The first kappa shape index (κ1) is 18.7. The molecule has 1 heterocycles. The Morgan fingerprint density at radius 3 is 2.44 bits per heavy atom. The molecule has 2 rings (SSSR count). The van der Waals surface area contributed by atoms with Crippen LogP contribution < -0.4 is 4.74 Å². The van der Waals surface area contributed by atoms with Crippen LogP contribution in [0.2, 0.25) is 0 Å². The summed E-state index contributed by atoms with van der Waals surface area (Å²) in [5.41, 5.74) is -3.82. The van der Waals surface area contributed by atoms with Gasteiger partial charge < -0.3 is 9.84 Å². The maximum atomic E-state index is 13.1. The molecule has 25 heavy (non-hydrogen) atoms. The van der Waals surface area contributed by atoms with E-state index >= 15 is 0 Å². The zero-order chi connectivity index (χ0) is 18.8. The molecule has 1 aliphatic rings. The number of nitrogens with zero attached hydrogens (tertiary/aromatic N) is 3. The van der Waals surface area contributed by atoms with E-state index in [-0.39, 0.29) is 10.8 Å². The van der Waals surface area contributed by atoms with Gasteiger partial charge >= 0.3 is 0 Å². The topological polar surface area (TPSA) is 85.9 Å². The molecule has 10 heteroatoms. The second-order valence-corrected chi connectivity index (χ2v) is 5.29. The van der Waals surface area contributed by atoms with Crippen molar-refractivity contribution in [3.05, 3.63) is 29.8 Å². The number of benzene rings is 1. The summed E-state index contributed by atoms with van der Waals surface area (Å²) >= 11 is 0. The Morgan fingerprint density at radius 1 is 1.36 bits per heavy atom. The summed E-state index contributed by atoms with van der Waals surface area (Å²) in [5, 5.41) is 21.7. The van der Waals surface area contributed by atoms with Gasteiger partial charge in [-0.05, 0) is 31.2 Å². The molecule has 0 aromatic heterocycles. The third-order valence-electron chi connectivity index (χ3n) is 3.49. The number of ether oxygens (including phenoxy) is 1. The monoisotopic (exact) mass is 359 g/mol. The maximum Gasteiger partial charge on any atom is 0.287 e. The van der Waals surface area contributed by atoms with Gasteiger partial charge in [-0.15, -0.1) is 0 Å². The smallest absolute Gasteiger partial charge is 0.287 e. The minimum absolute atomic E-state index is 0.0481. The van der Waals surface area contributed by atoms with E-state index in [0.717, 1.165) is 0 Å². The molecule has 0 spiro atoms. The number of hydrogen-bond acceptors (Lipinski definition) is 5. The number of hydrogen-bond donors (Lipinski definition) is 1. The number of amides is 1. The van der Waals surface area contributed by atoms with Crippen molar-refractivity contribution in [3.63, 3.8) is 0 Å². The molecule has 6 nitrogen and oxygen atoms in total. The molecule has 0 radical (unpaired) electrons. The van der Waals surface area contributed by atoms with Crippen molar-refractivity contribution in [2.45, 2.75) is 38.0 Å². The first-order valence-corrected chi connectivity index (χ1v) is 7.06. The van der Waals surface area contributed by atoms with Crippen molar-refractivity contribution in [2.75, 3.05) is 0 Å². The Labute approximate surface area is 139 Å². The van der Waals surface area contributed by atoms with Crippen LogP contribution in [0.25, 0.3) is 0 Å². The van der Waals surface area contributed by atoms with E-state index in [2.05, 4.69) is 5.10 Å². The number of hydrazone groups is 1. The highest BCUT2D eigenvalue weighted by Gasteiger charge is 2.54. The predicted octanol–water partition coefficient (Wildman–Crippen LogP) is 2.13. The Morgan fingerprint density at radius 2 is 1.96 bits per heavy atom. The molecule has 134 valence electrons. The van der Waals surface area contributed by atoms with Gasteiger partial charge in [0.25, 0.3) is 18.8 Å². The molecular formula is C15H13F4N3O3. The van der Waals surface area contributed by atoms with E-state index in [4.69, 9.17) is 10.00 Å². The number of alkyl halides is 4. The van der Waals surface area contributed by atoms with Crippen LogP contribution in [0.4, 0.5) is 17.6 Å². The number of halogens is 4. The van der Waals surface area contributed by atoms with Crippen LogP contribution in [-0.2, 0) is 4.79 Å². The Hall–Kier alpha value is -2.67. The summed E-state index contributed by atoms with van der Waals surface area (Å²) in [6, 6.07) is 7.44. The standard InChI is InChI=1S/C15H13F4N3O3/c1-8(25-10-4-2-9(7-20)3-5-10)13(23)22-15(24,14(18)19)6-11(21-22)12(16)17/h2-5,8,12,14,24H,6H2,1H3/t8-,15-/m0/s1. The lowest BCUT2D eigenvalue weighted by Gasteiger charge is -2.31. The Bertz CT molecular complexity index is 718. The third kappa shape index (κ3) is 3.71. The second kappa shape index (κ2) is 7.06. The fourth-order valence-electron chi connectivity index (χ4n) is 2.16. The summed E-state index contributed by atoms with van der Waals surface area (Å²) in [6.45, 7) is 1.20. The van der Waals surface area contributed by atoms with Crippen LogP contribution in [-0.4, -0.2) is 46.4 Å². The van der Waals surface area contributed by atoms with Crippen molar-refractivity contribution < 1.29 is 32.2 Å². The molecule has 0 saturated heterocycles. The summed E-state index contributed by atoms with van der Waals surface area (Å²) in [7, 11) is 0. The molecule has 1 aliphatic heterocycles. The van der Waals surface area contributed by atoms with Crippen molar-refractivity contribution in [1.29, 1.82) is 5.26 Å². The van der Waals surface area contributed by atoms with E-state index in [1.165, 1.54) is 31.2 Å². The fraction of sp³-hybridized carbons (Fsp3) is 0.400. The van der Waals surface area contributed by atoms with Crippen LogP contribution in [0, 0.1) is 11.3 Å². The van der Waals surface area contributed by atoms with Crippen molar-refractivity contribution in [1.82, 2.24) is 5.01 Å². The molecule has 1 aromatic carbocycles. The number of rotatable bonds is 5. The highest BCUT2D eigenvalue weighted by atomic mass is 19.3. The van der Waals surface area contributed by atoms with Gasteiger partial charge in [0, 0.05) is 6.42 Å². The predicted molar refractivity (Wildman–Crippen MR) is 77.1 cm³/mol. The molecule has 0 aliphatic carbocycles. The second-order valence-electron chi connectivity index (χ2n) is 5.29. The third-order valence-corrected chi connectivity index (χ3v) is 3.49. The minimum Gasteiger partial charge on any atom is -0.481 e. The van der Waals surface area contributed by atoms with Crippen LogP contribution in [0.15, 0.2) is 29.4 Å². The lowest BCUT2D eigenvalue weighted by atomic mass is 10.1. The largest absolute Gasteiger partial charge is 0.481 e. The summed E-state index contributed by atoms with van der Waals surface area (Å²) in [4.78, 5) is 12.3. The SMILES string of the molecule is C[C@H](Oc1ccc(C#N)cc1)C(=O)N1N=C(C(F)F)C[C@]1(O)C(F)F. The van der Waals surface area contributed by atoms with Crippen molar-refractivity contribution in [2.24, 2.45) is 5.10 Å². The zero-order valence-electron chi connectivity index (χ0n) is 12.9. The van der Waals surface area contributed by atoms with Crippen LogP contribution in [0.1, 0.15) is 18.9 Å². The molecule has 0 fully saturated rings. The first-order chi connectivity index (χ1) is 11.7. The normalized spacial score (nSPS) is 21.2. The number of carbonyl (C=O) groups excluding carboxylic acids is 1. The molecule has 1 aromatic rings. The number of aliphatic hydroxyl groups is 1. The van der Waals surface area contributed by atoms with Crippen LogP contribution in [0.5, 0.6) is 5.75 Å². The molecule has 0 saturated carbocycles. The van der Waals surface area contributed by atoms with E-state index < -0.39 is 42.7 Å². The van der Waals surface area contributed by atoms with Crippen molar-refractivity contribution in [3.8, 4) is 11.8 Å². The van der Waals surface area contributed by atoms with Gasteiger partial charge in [-0.2, -0.15) is 15.4 Å². The highest BCUT2D eigenvalue weighted by Crippen LogP contribution is 2.33. The van der Waals surface area contributed by atoms with E-state index in [0.29, 0.717) is 5.56 Å². The molecular weight excluding hydrogens is 346 g/mol. The maximum absolute atomic E-state index is 13.1. The lowest BCUT2D eigenvalue weighted by molar-refractivity contribution is -0.196. The summed E-state index contributed by atoms with van der Waals surface area (Å²) in [6.07, 6.45) is -9.23. The van der Waals surface area contributed by atoms with Crippen LogP contribution >= 0.6 is 0 Å². The van der Waals surface area contributed by atoms with Gasteiger partial charge in [-0.1, -0.05) is 0 Å².